The predicted molar refractivity (Wildman–Crippen MR) is 71.2 cm³/mol. The molecule has 0 aliphatic rings. The molecule has 0 saturated carbocycles. The average molecular weight is 246 g/mol. The van der Waals surface area contributed by atoms with E-state index in [4.69, 9.17) is 20.5 Å². The Hall–Kier alpha value is -2.15. The van der Waals surface area contributed by atoms with Crippen molar-refractivity contribution in [1.82, 2.24) is 0 Å². The standard InChI is InChI=1S/C14H18N2O2/c1-4-6-10(9-15)14(16)13-11(17-2)7-5-8-12(13)18-3/h5,7-8H,4,6,16H2,1-3H3/b14-10-. The van der Waals surface area contributed by atoms with Gasteiger partial charge in [0.25, 0.3) is 0 Å². The molecule has 0 radical (unpaired) electrons. The highest BCUT2D eigenvalue weighted by Gasteiger charge is 2.15. The van der Waals surface area contributed by atoms with Crippen LogP contribution in [0.5, 0.6) is 11.5 Å². The number of nitrogens with zero attached hydrogens (tertiary/aromatic N) is 1. The van der Waals surface area contributed by atoms with Gasteiger partial charge in [-0.1, -0.05) is 19.4 Å². The molecule has 0 atom stereocenters. The maximum Gasteiger partial charge on any atom is 0.131 e. The lowest BCUT2D eigenvalue weighted by atomic mass is 10.0. The van der Waals surface area contributed by atoms with Crippen LogP contribution in [0.4, 0.5) is 0 Å². The molecule has 96 valence electrons. The second kappa shape index (κ2) is 6.55. The van der Waals surface area contributed by atoms with Crippen LogP contribution >= 0.6 is 0 Å². The molecule has 1 aromatic rings. The molecule has 4 heteroatoms. The highest BCUT2D eigenvalue weighted by atomic mass is 16.5. The molecular weight excluding hydrogens is 228 g/mol. The Kier molecular flexibility index (Phi) is 5.06. The summed E-state index contributed by atoms with van der Waals surface area (Å²) in [5, 5.41) is 9.15. The maximum atomic E-state index is 9.15. The maximum absolute atomic E-state index is 9.15. The van der Waals surface area contributed by atoms with Crippen LogP contribution in [0.15, 0.2) is 23.8 Å². The molecule has 0 fully saturated rings. The minimum atomic E-state index is 0.425. The molecule has 0 aliphatic heterocycles. The van der Waals surface area contributed by atoms with Gasteiger partial charge in [0, 0.05) is 0 Å². The molecular formula is C14H18N2O2. The summed E-state index contributed by atoms with van der Waals surface area (Å²) in [4.78, 5) is 0. The number of nitriles is 1. The number of benzene rings is 1. The van der Waals surface area contributed by atoms with Crippen LogP contribution in [0.25, 0.3) is 5.70 Å². The van der Waals surface area contributed by atoms with E-state index in [-0.39, 0.29) is 0 Å². The van der Waals surface area contributed by atoms with E-state index >= 15 is 0 Å². The molecule has 2 N–H and O–H groups in total. The molecule has 4 nitrogen and oxygen atoms in total. The molecule has 0 aromatic heterocycles. The summed E-state index contributed by atoms with van der Waals surface area (Å²) in [6.07, 6.45) is 1.50. The third-order valence-corrected chi connectivity index (χ3v) is 2.66. The number of ether oxygens (including phenoxy) is 2. The Balaban J connectivity index is 3.43. The van der Waals surface area contributed by atoms with Crippen LogP contribution in [0, 0.1) is 11.3 Å². The van der Waals surface area contributed by atoms with Gasteiger partial charge < -0.3 is 15.2 Å². The van der Waals surface area contributed by atoms with Gasteiger partial charge >= 0.3 is 0 Å². The Morgan fingerprint density at radius 3 is 2.22 bits per heavy atom. The largest absolute Gasteiger partial charge is 0.496 e. The fraction of sp³-hybridized carbons (Fsp3) is 0.357. The second-order valence-electron chi connectivity index (χ2n) is 3.79. The van der Waals surface area contributed by atoms with Crippen molar-refractivity contribution in [1.29, 1.82) is 5.26 Å². The summed E-state index contributed by atoms with van der Waals surface area (Å²) >= 11 is 0. The fourth-order valence-corrected chi connectivity index (χ4v) is 1.77. The molecule has 0 heterocycles. The highest BCUT2D eigenvalue weighted by molar-refractivity contribution is 5.77. The zero-order valence-corrected chi connectivity index (χ0v) is 11.0. The van der Waals surface area contributed by atoms with Crippen LogP contribution in [0.3, 0.4) is 0 Å². The Morgan fingerprint density at radius 2 is 1.83 bits per heavy atom. The summed E-state index contributed by atoms with van der Waals surface area (Å²) in [6, 6.07) is 7.56. The van der Waals surface area contributed by atoms with E-state index in [1.54, 1.807) is 26.4 Å². The first-order valence-corrected chi connectivity index (χ1v) is 5.79. The number of allylic oxidation sites excluding steroid dienone is 1. The van der Waals surface area contributed by atoms with E-state index in [1.807, 2.05) is 13.0 Å². The van der Waals surface area contributed by atoms with Gasteiger partial charge in [-0.25, -0.2) is 0 Å². The average Bonchev–Trinajstić information content (AvgIpc) is 2.42. The minimum absolute atomic E-state index is 0.425. The SMILES string of the molecule is CCC/C(C#N)=C(/N)c1c(OC)cccc1OC. The van der Waals surface area contributed by atoms with Crippen LogP contribution in [0.1, 0.15) is 25.3 Å². The van der Waals surface area contributed by atoms with Crippen molar-refractivity contribution in [2.75, 3.05) is 14.2 Å². The van der Waals surface area contributed by atoms with Gasteiger partial charge in [-0.05, 0) is 18.6 Å². The normalized spacial score (nSPS) is 11.4. The van der Waals surface area contributed by atoms with E-state index in [0.717, 1.165) is 6.42 Å². The summed E-state index contributed by atoms with van der Waals surface area (Å²) < 4.78 is 10.6. The number of hydrogen-bond acceptors (Lipinski definition) is 4. The van der Waals surface area contributed by atoms with Crippen LogP contribution in [0.2, 0.25) is 0 Å². The second-order valence-corrected chi connectivity index (χ2v) is 3.79. The summed E-state index contributed by atoms with van der Waals surface area (Å²) in [7, 11) is 3.13. The fourth-order valence-electron chi connectivity index (χ4n) is 1.77. The molecule has 18 heavy (non-hydrogen) atoms. The van der Waals surface area contributed by atoms with Gasteiger partial charge in [0.2, 0.25) is 0 Å². The molecule has 1 aromatic carbocycles. The van der Waals surface area contributed by atoms with Gasteiger partial charge in [-0.15, -0.1) is 0 Å². The Morgan fingerprint density at radius 1 is 1.28 bits per heavy atom. The number of rotatable bonds is 5. The number of hydrogen-bond donors (Lipinski definition) is 1. The predicted octanol–water partition coefficient (Wildman–Crippen LogP) is 2.70. The summed E-state index contributed by atoms with van der Waals surface area (Å²) in [6.45, 7) is 2.00. The smallest absolute Gasteiger partial charge is 0.131 e. The molecule has 0 bridgehead atoms. The van der Waals surface area contributed by atoms with Crippen molar-refractivity contribution >= 4 is 5.70 Å². The lowest BCUT2D eigenvalue weighted by Crippen LogP contribution is -2.05. The van der Waals surface area contributed by atoms with Gasteiger partial charge in [0.05, 0.1) is 37.1 Å². The number of methoxy groups -OCH3 is 2. The lowest BCUT2D eigenvalue weighted by molar-refractivity contribution is 0.392. The third kappa shape index (κ3) is 2.75. The van der Waals surface area contributed by atoms with Crippen molar-refractivity contribution in [2.24, 2.45) is 5.73 Å². The monoisotopic (exact) mass is 246 g/mol. The first-order chi connectivity index (χ1) is 8.69. The van der Waals surface area contributed by atoms with E-state index in [9.17, 15) is 0 Å². The van der Waals surface area contributed by atoms with Gasteiger partial charge in [-0.3, -0.25) is 0 Å². The molecule has 0 unspecified atom stereocenters. The van der Waals surface area contributed by atoms with Gasteiger partial charge in [0.1, 0.15) is 11.5 Å². The molecule has 0 spiro atoms. The van der Waals surface area contributed by atoms with Crippen molar-refractivity contribution in [3.05, 3.63) is 29.3 Å². The molecule has 1 rings (SSSR count). The first-order valence-electron chi connectivity index (χ1n) is 5.79. The van der Waals surface area contributed by atoms with E-state index in [2.05, 4.69) is 6.07 Å². The zero-order valence-electron chi connectivity index (χ0n) is 11.0. The molecule has 0 amide bonds. The third-order valence-electron chi connectivity index (χ3n) is 2.66. The van der Waals surface area contributed by atoms with Crippen molar-refractivity contribution in [3.8, 4) is 17.6 Å². The van der Waals surface area contributed by atoms with Crippen LogP contribution in [-0.2, 0) is 0 Å². The van der Waals surface area contributed by atoms with E-state index in [0.29, 0.717) is 34.8 Å². The van der Waals surface area contributed by atoms with Gasteiger partial charge in [0.15, 0.2) is 0 Å². The van der Waals surface area contributed by atoms with E-state index < -0.39 is 0 Å². The van der Waals surface area contributed by atoms with Crippen LogP contribution < -0.4 is 15.2 Å². The highest BCUT2D eigenvalue weighted by Crippen LogP contribution is 2.34. The Labute approximate surface area is 108 Å². The van der Waals surface area contributed by atoms with Crippen molar-refractivity contribution in [3.63, 3.8) is 0 Å². The topological polar surface area (TPSA) is 68.3 Å². The quantitative estimate of drug-likeness (QED) is 0.811. The van der Waals surface area contributed by atoms with Crippen molar-refractivity contribution in [2.45, 2.75) is 19.8 Å². The Bertz CT molecular complexity index is 465. The summed E-state index contributed by atoms with van der Waals surface area (Å²) in [5.74, 6) is 1.21. The van der Waals surface area contributed by atoms with Gasteiger partial charge in [-0.2, -0.15) is 5.26 Å². The zero-order chi connectivity index (χ0) is 13.5. The number of nitrogens with two attached hydrogens (primary N) is 1. The summed E-state index contributed by atoms with van der Waals surface area (Å²) in [5.41, 5.74) is 7.71. The lowest BCUT2D eigenvalue weighted by Gasteiger charge is -2.14. The minimum Gasteiger partial charge on any atom is -0.496 e. The van der Waals surface area contributed by atoms with E-state index in [1.165, 1.54) is 0 Å². The molecule has 0 saturated heterocycles. The molecule has 0 aliphatic carbocycles. The first kappa shape index (κ1) is 13.9. The van der Waals surface area contributed by atoms with Crippen molar-refractivity contribution < 1.29 is 9.47 Å². The van der Waals surface area contributed by atoms with Crippen LogP contribution in [-0.4, -0.2) is 14.2 Å².